The monoisotopic (exact) mass is 264 g/mol. The third-order valence-electron chi connectivity index (χ3n) is 2.27. The van der Waals surface area contributed by atoms with Crippen LogP contribution in [-0.2, 0) is 0 Å². The molecule has 0 saturated heterocycles. The van der Waals surface area contributed by atoms with Gasteiger partial charge in [-0.05, 0) is 0 Å². The quantitative estimate of drug-likeness (QED) is 0.424. The Bertz CT molecular complexity index is 468. The molecule has 0 aromatic heterocycles. The molecule has 0 bridgehead atoms. The van der Waals surface area contributed by atoms with Crippen LogP contribution in [0.1, 0.15) is 0 Å². The second-order valence-corrected chi connectivity index (χ2v) is 3.45. The summed E-state index contributed by atoms with van der Waals surface area (Å²) >= 11 is 0. The molecule has 0 saturated carbocycles. The number of hydrogen-bond donors (Lipinski definition) is 0. The number of allylic oxidation sites excluding steroid dienone is 8. The lowest BCUT2D eigenvalue weighted by Crippen LogP contribution is -1.94. The van der Waals surface area contributed by atoms with Gasteiger partial charge in [-0.1, -0.05) is 75.9 Å². The first-order valence-corrected chi connectivity index (χ1v) is 5.98. The smallest absolute Gasteiger partial charge is 0.0964 e. The molecule has 0 aromatic rings. The first-order chi connectivity index (χ1) is 9.69. The van der Waals surface area contributed by atoms with Crippen LogP contribution >= 0.6 is 0 Å². The van der Waals surface area contributed by atoms with Gasteiger partial charge in [0.1, 0.15) is 0 Å². The highest BCUT2D eigenvalue weighted by molar-refractivity contribution is 5.75. The van der Waals surface area contributed by atoms with E-state index in [2.05, 4.69) is 49.5 Å². The molecule has 0 rings (SSSR count). The first-order valence-electron chi connectivity index (χ1n) is 5.98. The maximum atomic E-state index is 4.35. The molecule has 0 aliphatic carbocycles. The molecule has 0 aliphatic rings. The molecule has 0 N–H and O–H groups in total. The summed E-state index contributed by atoms with van der Waals surface area (Å²) in [4.78, 5) is 8.69. The zero-order valence-corrected chi connectivity index (χ0v) is 11.8. The fourth-order valence-corrected chi connectivity index (χ4v) is 1.35. The normalized spacial score (nSPS) is 9.80. The van der Waals surface area contributed by atoms with E-state index in [0.29, 0.717) is 11.4 Å². The standard InChI is InChI=1S/C18H20N2/c1-7-13-19-17(15(9-3)10-4)18(20-14-8-2)16(11-5)12-6/h7-14H,1-6H2/b19-13-,20-14-. The topological polar surface area (TPSA) is 24.7 Å². The SMILES string of the molecule is C=C/C=N\C(=C(C=C)C=C)C(/N=C\C=C)=C(C=C)C=C. The Labute approximate surface area is 121 Å². The zero-order valence-electron chi connectivity index (χ0n) is 11.8. The molecule has 0 spiro atoms. The highest BCUT2D eigenvalue weighted by Gasteiger charge is 2.09. The first kappa shape index (κ1) is 17.3. The number of hydrogen-bond acceptors (Lipinski definition) is 2. The van der Waals surface area contributed by atoms with Crippen molar-refractivity contribution in [1.29, 1.82) is 0 Å². The molecular weight excluding hydrogens is 244 g/mol. The Balaban J connectivity index is 6.43. The lowest BCUT2D eigenvalue weighted by atomic mass is 10.1. The Morgan fingerprint density at radius 3 is 1.05 bits per heavy atom. The molecular formula is C18H20N2. The van der Waals surface area contributed by atoms with Crippen molar-refractivity contribution in [1.82, 2.24) is 0 Å². The third kappa shape index (κ3) is 4.86. The largest absolute Gasteiger partial charge is 0.254 e. The Morgan fingerprint density at radius 1 is 0.550 bits per heavy atom. The van der Waals surface area contributed by atoms with Crippen LogP contribution < -0.4 is 0 Å². The van der Waals surface area contributed by atoms with Crippen LogP contribution in [0.5, 0.6) is 0 Å². The van der Waals surface area contributed by atoms with Crippen LogP contribution in [0.4, 0.5) is 0 Å². The highest BCUT2D eigenvalue weighted by Crippen LogP contribution is 2.23. The van der Waals surface area contributed by atoms with Crippen LogP contribution in [0.25, 0.3) is 0 Å². The molecule has 0 aliphatic heterocycles. The number of rotatable bonds is 9. The van der Waals surface area contributed by atoms with Gasteiger partial charge in [0.25, 0.3) is 0 Å². The Morgan fingerprint density at radius 2 is 0.850 bits per heavy atom. The van der Waals surface area contributed by atoms with E-state index in [1.807, 2.05) is 0 Å². The summed E-state index contributed by atoms with van der Waals surface area (Å²) in [6.07, 6.45) is 13.0. The minimum Gasteiger partial charge on any atom is -0.254 e. The molecule has 0 aromatic carbocycles. The average molecular weight is 264 g/mol. The van der Waals surface area contributed by atoms with Crippen LogP contribution in [-0.4, -0.2) is 12.4 Å². The summed E-state index contributed by atoms with van der Waals surface area (Å²) in [6, 6.07) is 0. The van der Waals surface area contributed by atoms with Crippen molar-refractivity contribution in [2.45, 2.75) is 0 Å². The fraction of sp³-hybridized carbons (Fsp3) is 0. The van der Waals surface area contributed by atoms with E-state index in [4.69, 9.17) is 0 Å². The predicted molar refractivity (Wildman–Crippen MR) is 92.2 cm³/mol. The molecule has 102 valence electrons. The van der Waals surface area contributed by atoms with E-state index in [1.54, 1.807) is 48.9 Å². The van der Waals surface area contributed by atoms with E-state index >= 15 is 0 Å². The van der Waals surface area contributed by atoms with Gasteiger partial charge in [0.2, 0.25) is 0 Å². The van der Waals surface area contributed by atoms with E-state index in [1.165, 1.54) is 0 Å². The molecule has 2 nitrogen and oxygen atoms in total. The van der Waals surface area contributed by atoms with Gasteiger partial charge < -0.3 is 0 Å². The van der Waals surface area contributed by atoms with Crippen molar-refractivity contribution in [3.8, 4) is 0 Å². The molecule has 0 unspecified atom stereocenters. The van der Waals surface area contributed by atoms with Crippen molar-refractivity contribution in [3.05, 3.63) is 98.5 Å². The van der Waals surface area contributed by atoms with E-state index in [0.717, 1.165) is 11.1 Å². The van der Waals surface area contributed by atoms with Gasteiger partial charge in [-0.3, -0.25) is 9.98 Å². The van der Waals surface area contributed by atoms with E-state index < -0.39 is 0 Å². The van der Waals surface area contributed by atoms with Gasteiger partial charge in [-0.25, -0.2) is 0 Å². The Kier molecular flexibility index (Phi) is 8.81. The lowest BCUT2D eigenvalue weighted by molar-refractivity contribution is 1.21. The lowest BCUT2D eigenvalue weighted by Gasteiger charge is -2.08. The highest BCUT2D eigenvalue weighted by atomic mass is 14.8. The van der Waals surface area contributed by atoms with Crippen LogP contribution in [0, 0.1) is 0 Å². The van der Waals surface area contributed by atoms with Crippen molar-refractivity contribution in [2.75, 3.05) is 0 Å². The van der Waals surface area contributed by atoms with Gasteiger partial charge >= 0.3 is 0 Å². The van der Waals surface area contributed by atoms with E-state index in [-0.39, 0.29) is 0 Å². The van der Waals surface area contributed by atoms with Gasteiger partial charge in [0, 0.05) is 23.6 Å². The zero-order chi connectivity index (χ0) is 15.4. The van der Waals surface area contributed by atoms with Crippen molar-refractivity contribution in [3.63, 3.8) is 0 Å². The van der Waals surface area contributed by atoms with Crippen LogP contribution in [0.15, 0.2) is 108 Å². The number of nitrogens with zero attached hydrogens (tertiary/aromatic N) is 2. The average Bonchev–Trinajstić information content (AvgIpc) is 2.48. The van der Waals surface area contributed by atoms with Gasteiger partial charge in [0.15, 0.2) is 0 Å². The van der Waals surface area contributed by atoms with Gasteiger partial charge in [-0.15, -0.1) is 0 Å². The van der Waals surface area contributed by atoms with Gasteiger partial charge in [0.05, 0.1) is 11.4 Å². The van der Waals surface area contributed by atoms with Crippen molar-refractivity contribution >= 4 is 12.4 Å². The van der Waals surface area contributed by atoms with Crippen LogP contribution in [0.2, 0.25) is 0 Å². The molecule has 0 atom stereocenters. The summed E-state index contributed by atoms with van der Waals surface area (Å²) < 4.78 is 0. The summed E-state index contributed by atoms with van der Waals surface area (Å²) in [5, 5.41) is 0. The summed E-state index contributed by atoms with van der Waals surface area (Å²) in [5.41, 5.74) is 2.73. The number of aliphatic imine (C=N–C) groups is 2. The van der Waals surface area contributed by atoms with Crippen molar-refractivity contribution < 1.29 is 0 Å². The second-order valence-electron chi connectivity index (χ2n) is 3.45. The predicted octanol–water partition coefficient (Wildman–Crippen LogP) is 4.75. The molecule has 0 fully saturated rings. The summed E-state index contributed by atoms with van der Waals surface area (Å²) in [7, 11) is 0. The maximum Gasteiger partial charge on any atom is 0.0964 e. The van der Waals surface area contributed by atoms with E-state index in [9.17, 15) is 0 Å². The van der Waals surface area contributed by atoms with Gasteiger partial charge in [-0.2, -0.15) is 0 Å². The van der Waals surface area contributed by atoms with Crippen LogP contribution in [0.3, 0.4) is 0 Å². The second kappa shape index (κ2) is 10.2. The molecule has 0 radical (unpaired) electrons. The Hall–Kier alpha value is -2.74. The molecule has 2 heteroatoms. The maximum absolute atomic E-state index is 4.35. The summed E-state index contributed by atoms with van der Waals surface area (Å²) in [5.74, 6) is 0. The molecule has 20 heavy (non-hydrogen) atoms. The third-order valence-corrected chi connectivity index (χ3v) is 2.27. The minimum absolute atomic E-state index is 0.614. The molecule has 0 amide bonds. The minimum atomic E-state index is 0.614. The fourth-order valence-electron chi connectivity index (χ4n) is 1.35. The summed E-state index contributed by atoms with van der Waals surface area (Å²) in [6.45, 7) is 22.3. The molecule has 0 heterocycles. The van der Waals surface area contributed by atoms with Crippen molar-refractivity contribution in [2.24, 2.45) is 9.98 Å².